The minimum Gasteiger partial charge on any atom is -0.390 e. The Bertz CT molecular complexity index is 356. The fraction of sp³-hybridized carbons (Fsp3) is 0.750. The lowest BCUT2D eigenvalue weighted by Crippen LogP contribution is -2.12. The lowest BCUT2D eigenvalue weighted by atomic mass is 9.99. The van der Waals surface area contributed by atoms with Crippen LogP contribution in [0.3, 0.4) is 0 Å². The van der Waals surface area contributed by atoms with E-state index in [1.807, 2.05) is 4.57 Å². The Morgan fingerprint density at radius 3 is 2.81 bits per heavy atom. The van der Waals surface area contributed by atoms with Crippen molar-refractivity contribution in [2.24, 2.45) is 5.92 Å². The minimum atomic E-state index is 0.0529. The molecular weight excluding hydrogens is 220 g/mol. The van der Waals surface area contributed by atoms with Crippen LogP contribution in [-0.2, 0) is 13.2 Å². The first-order valence-corrected chi connectivity index (χ1v) is 6.51. The van der Waals surface area contributed by atoms with E-state index in [2.05, 4.69) is 18.8 Å². The molecule has 1 atom stereocenters. The van der Waals surface area contributed by atoms with E-state index in [-0.39, 0.29) is 6.61 Å². The van der Waals surface area contributed by atoms with Gasteiger partial charge in [-0.2, -0.15) is 0 Å². The number of hydrogen-bond acceptors (Lipinski definition) is 2. The fourth-order valence-corrected chi connectivity index (χ4v) is 2.19. The van der Waals surface area contributed by atoms with Crippen LogP contribution in [0.4, 0.5) is 0 Å². The number of nitrogens with one attached hydrogen (secondary N) is 1. The number of imidazole rings is 1. The Morgan fingerprint density at radius 2 is 2.25 bits per heavy atom. The molecule has 1 unspecified atom stereocenters. The molecule has 1 rings (SSSR count). The van der Waals surface area contributed by atoms with Crippen LogP contribution >= 0.6 is 12.2 Å². The number of aromatic amines is 1. The van der Waals surface area contributed by atoms with Gasteiger partial charge in [-0.25, -0.2) is 0 Å². The van der Waals surface area contributed by atoms with Crippen molar-refractivity contribution < 1.29 is 5.11 Å². The maximum Gasteiger partial charge on any atom is 0.177 e. The molecule has 0 amide bonds. The van der Waals surface area contributed by atoms with Crippen molar-refractivity contribution in [1.82, 2.24) is 9.55 Å². The SMILES string of the molecule is CCCCC(CC)Cn1c(CO)c[nH]c1=S. The van der Waals surface area contributed by atoms with E-state index in [1.165, 1.54) is 19.3 Å². The molecular formula is C12H22N2OS. The van der Waals surface area contributed by atoms with Crippen molar-refractivity contribution in [2.45, 2.75) is 52.7 Å². The molecule has 0 bridgehead atoms. The van der Waals surface area contributed by atoms with Crippen LogP contribution in [-0.4, -0.2) is 14.7 Å². The second-order valence-corrected chi connectivity index (χ2v) is 4.66. The van der Waals surface area contributed by atoms with Crippen molar-refractivity contribution in [2.75, 3.05) is 0 Å². The maximum absolute atomic E-state index is 9.21. The molecule has 2 N–H and O–H groups in total. The lowest BCUT2D eigenvalue weighted by molar-refractivity contribution is 0.264. The highest BCUT2D eigenvalue weighted by Gasteiger charge is 2.10. The molecule has 0 saturated heterocycles. The van der Waals surface area contributed by atoms with Gasteiger partial charge in [0.1, 0.15) is 0 Å². The summed E-state index contributed by atoms with van der Waals surface area (Å²) in [6.45, 7) is 5.41. The van der Waals surface area contributed by atoms with Gasteiger partial charge in [0.05, 0.1) is 12.3 Å². The van der Waals surface area contributed by atoms with Gasteiger partial charge >= 0.3 is 0 Å². The van der Waals surface area contributed by atoms with E-state index >= 15 is 0 Å². The summed E-state index contributed by atoms with van der Waals surface area (Å²) in [4.78, 5) is 2.99. The molecule has 0 aromatic carbocycles. The quantitative estimate of drug-likeness (QED) is 0.721. The topological polar surface area (TPSA) is 41.0 Å². The number of nitrogens with zero attached hydrogens (tertiary/aromatic N) is 1. The zero-order valence-corrected chi connectivity index (χ0v) is 11.0. The average molecular weight is 242 g/mol. The number of hydrogen-bond donors (Lipinski definition) is 2. The molecule has 0 radical (unpaired) electrons. The first kappa shape index (κ1) is 13.5. The molecule has 0 aliphatic rings. The van der Waals surface area contributed by atoms with Crippen molar-refractivity contribution in [1.29, 1.82) is 0 Å². The second kappa shape index (κ2) is 6.86. The minimum absolute atomic E-state index is 0.0529. The Kier molecular flexibility index (Phi) is 5.77. The van der Waals surface area contributed by atoms with Crippen LogP contribution in [0.1, 0.15) is 45.2 Å². The summed E-state index contributed by atoms with van der Waals surface area (Å²) in [6.07, 6.45) is 6.71. The number of H-pyrrole nitrogens is 1. The van der Waals surface area contributed by atoms with Gasteiger partial charge in [-0.1, -0.05) is 33.1 Å². The summed E-state index contributed by atoms with van der Waals surface area (Å²) in [5, 5.41) is 9.21. The highest BCUT2D eigenvalue weighted by molar-refractivity contribution is 7.71. The zero-order valence-electron chi connectivity index (χ0n) is 10.2. The normalized spacial score (nSPS) is 12.9. The third-order valence-corrected chi connectivity index (χ3v) is 3.44. The largest absolute Gasteiger partial charge is 0.390 e. The van der Waals surface area contributed by atoms with E-state index in [0.29, 0.717) is 5.92 Å². The van der Waals surface area contributed by atoms with Crippen LogP contribution in [0.25, 0.3) is 0 Å². The molecule has 3 nitrogen and oxygen atoms in total. The smallest absolute Gasteiger partial charge is 0.177 e. The molecule has 1 heterocycles. The predicted octanol–water partition coefficient (Wildman–Crippen LogP) is 3.25. The molecule has 1 aromatic rings. The first-order valence-electron chi connectivity index (χ1n) is 6.10. The Hall–Kier alpha value is -0.610. The molecule has 1 aromatic heterocycles. The van der Waals surface area contributed by atoms with Crippen LogP contribution in [0, 0.1) is 10.7 Å². The average Bonchev–Trinajstić information content (AvgIpc) is 2.65. The van der Waals surface area contributed by atoms with Gasteiger partial charge in [-0.05, 0) is 24.6 Å². The third-order valence-electron chi connectivity index (χ3n) is 3.10. The van der Waals surface area contributed by atoms with Gasteiger partial charge in [0.2, 0.25) is 0 Å². The van der Waals surface area contributed by atoms with Crippen molar-refractivity contribution in [3.8, 4) is 0 Å². The van der Waals surface area contributed by atoms with Gasteiger partial charge < -0.3 is 14.7 Å². The van der Waals surface area contributed by atoms with E-state index in [0.717, 1.165) is 23.4 Å². The van der Waals surface area contributed by atoms with E-state index in [1.54, 1.807) is 6.20 Å². The standard InChI is InChI=1S/C12H22N2OS/c1-3-5-6-10(4-2)8-14-11(9-15)7-13-12(14)16/h7,10,15H,3-6,8-9H2,1-2H3,(H,13,16). The van der Waals surface area contributed by atoms with Crippen LogP contribution in [0.2, 0.25) is 0 Å². The van der Waals surface area contributed by atoms with Crippen LogP contribution in [0.15, 0.2) is 6.20 Å². The summed E-state index contributed by atoms with van der Waals surface area (Å²) < 4.78 is 2.75. The van der Waals surface area contributed by atoms with E-state index in [4.69, 9.17) is 12.2 Å². The van der Waals surface area contributed by atoms with Gasteiger partial charge in [0.15, 0.2) is 4.77 Å². The predicted molar refractivity (Wildman–Crippen MR) is 68.8 cm³/mol. The maximum atomic E-state index is 9.21. The Morgan fingerprint density at radius 1 is 1.50 bits per heavy atom. The zero-order chi connectivity index (χ0) is 12.0. The molecule has 0 aliphatic carbocycles. The number of rotatable bonds is 7. The number of unbranched alkanes of at least 4 members (excludes halogenated alkanes) is 1. The molecule has 92 valence electrons. The summed E-state index contributed by atoms with van der Waals surface area (Å²) in [7, 11) is 0. The van der Waals surface area contributed by atoms with Gasteiger partial charge in [-0.15, -0.1) is 0 Å². The summed E-state index contributed by atoms with van der Waals surface area (Å²) in [6, 6.07) is 0. The van der Waals surface area contributed by atoms with Crippen LogP contribution < -0.4 is 0 Å². The lowest BCUT2D eigenvalue weighted by Gasteiger charge is -2.16. The van der Waals surface area contributed by atoms with Crippen LogP contribution in [0.5, 0.6) is 0 Å². The Labute approximate surface area is 103 Å². The van der Waals surface area contributed by atoms with Gasteiger partial charge in [-0.3, -0.25) is 0 Å². The summed E-state index contributed by atoms with van der Waals surface area (Å²) in [5.74, 6) is 0.660. The molecule has 0 spiro atoms. The van der Waals surface area contributed by atoms with Crippen molar-refractivity contribution in [3.05, 3.63) is 16.7 Å². The Balaban J connectivity index is 2.69. The summed E-state index contributed by atoms with van der Waals surface area (Å²) in [5.41, 5.74) is 0.889. The van der Waals surface area contributed by atoms with Crippen molar-refractivity contribution in [3.63, 3.8) is 0 Å². The van der Waals surface area contributed by atoms with E-state index in [9.17, 15) is 5.11 Å². The second-order valence-electron chi connectivity index (χ2n) is 4.27. The highest BCUT2D eigenvalue weighted by Crippen LogP contribution is 2.16. The fourth-order valence-electron chi connectivity index (χ4n) is 1.94. The highest BCUT2D eigenvalue weighted by atomic mass is 32.1. The third kappa shape index (κ3) is 3.46. The molecule has 16 heavy (non-hydrogen) atoms. The van der Waals surface area contributed by atoms with Gasteiger partial charge in [0.25, 0.3) is 0 Å². The molecule has 0 aliphatic heterocycles. The number of aromatic nitrogens is 2. The number of aliphatic hydroxyl groups excluding tert-OH is 1. The monoisotopic (exact) mass is 242 g/mol. The molecule has 4 heteroatoms. The molecule has 0 fully saturated rings. The van der Waals surface area contributed by atoms with Crippen molar-refractivity contribution >= 4 is 12.2 Å². The van der Waals surface area contributed by atoms with E-state index < -0.39 is 0 Å². The first-order chi connectivity index (χ1) is 7.72. The number of aliphatic hydroxyl groups is 1. The molecule has 0 saturated carbocycles. The van der Waals surface area contributed by atoms with Gasteiger partial charge in [0, 0.05) is 12.7 Å². The summed E-state index contributed by atoms with van der Waals surface area (Å²) >= 11 is 5.21.